The maximum Gasteiger partial charge on any atom is 0.265 e. The van der Waals surface area contributed by atoms with Gasteiger partial charge in [-0.3, -0.25) is 4.79 Å². The maximum absolute atomic E-state index is 12.6. The minimum absolute atomic E-state index is 0.0342. The van der Waals surface area contributed by atoms with Crippen molar-refractivity contribution >= 4 is 11.6 Å². The van der Waals surface area contributed by atoms with Crippen molar-refractivity contribution in [3.05, 3.63) is 79.0 Å². The number of nitrogens with zero attached hydrogens (tertiary/aromatic N) is 2. The molecule has 5 heteroatoms. The first kappa shape index (κ1) is 18.5. The molecule has 3 rings (SSSR count). The summed E-state index contributed by atoms with van der Waals surface area (Å²) >= 11 is 0. The third-order valence-electron chi connectivity index (χ3n) is 3.87. The Labute approximate surface area is 159 Å². The van der Waals surface area contributed by atoms with Crippen LogP contribution >= 0.6 is 0 Å². The number of pyridine rings is 1. The molecule has 0 N–H and O–H groups in total. The van der Waals surface area contributed by atoms with Gasteiger partial charge in [0.05, 0.1) is 0 Å². The largest absolute Gasteiger partial charge is 0.484 e. The monoisotopic (exact) mass is 362 g/mol. The van der Waals surface area contributed by atoms with Gasteiger partial charge in [0.1, 0.15) is 11.5 Å². The molecular formula is C22H22N2O3. The third-order valence-corrected chi connectivity index (χ3v) is 3.87. The zero-order valence-electron chi connectivity index (χ0n) is 15.4. The van der Waals surface area contributed by atoms with Crippen molar-refractivity contribution in [2.45, 2.75) is 19.9 Å². The lowest BCUT2D eigenvalue weighted by Crippen LogP contribution is -2.40. The lowest BCUT2D eigenvalue weighted by atomic mass is 10.2. The van der Waals surface area contributed by atoms with Gasteiger partial charge in [-0.05, 0) is 56.3 Å². The fraction of sp³-hybridized carbons (Fsp3) is 0.182. The number of aromatic nitrogens is 1. The summed E-state index contributed by atoms with van der Waals surface area (Å²) < 4.78 is 11.3. The van der Waals surface area contributed by atoms with Crippen LogP contribution in [0.1, 0.15) is 13.8 Å². The van der Waals surface area contributed by atoms with Crippen molar-refractivity contribution in [3.63, 3.8) is 0 Å². The number of anilines is 1. The van der Waals surface area contributed by atoms with Gasteiger partial charge in [0.15, 0.2) is 6.61 Å². The smallest absolute Gasteiger partial charge is 0.265 e. The summed E-state index contributed by atoms with van der Waals surface area (Å²) in [6.07, 6.45) is 1.67. The number of carbonyl (C=O) groups is 1. The van der Waals surface area contributed by atoms with E-state index >= 15 is 0 Å². The molecule has 0 aliphatic heterocycles. The lowest BCUT2D eigenvalue weighted by Gasteiger charge is -2.26. The van der Waals surface area contributed by atoms with Crippen LogP contribution in [-0.2, 0) is 4.79 Å². The van der Waals surface area contributed by atoms with Crippen LogP contribution in [0, 0.1) is 0 Å². The van der Waals surface area contributed by atoms with Crippen LogP contribution in [0.2, 0.25) is 0 Å². The fourth-order valence-electron chi connectivity index (χ4n) is 2.67. The third kappa shape index (κ3) is 5.07. The summed E-state index contributed by atoms with van der Waals surface area (Å²) in [4.78, 5) is 18.5. The topological polar surface area (TPSA) is 51.7 Å². The minimum atomic E-state index is -0.0926. The average molecular weight is 362 g/mol. The highest BCUT2D eigenvalue weighted by Gasteiger charge is 2.19. The number of ether oxygens (including phenoxy) is 2. The molecule has 138 valence electrons. The van der Waals surface area contributed by atoms with Gasteiger partial charge in [-0.1, -0.05) is 24.3 Å². The van der Waals surface area contributed by atoms with Crippen LogP contribution in [0.3, 0.4) is 0 Å². The quantitative estimate of drug-likeness (QED) is 0.612. The molecule has 0 radical (unpaired) electrons. The van der Waals surface area contributed by atoms with Crippen LogP contribution in [0.5, 0.6) is 17.4 Å². The van der Waals surface area contributed by atoms with Crippen LogP contribution in [0.15, 0.2) is 79.0 Å². The van der Waals surface area contributed by atoms with E-state index < -0.39 is 0 Å². The molecule has 1 heterocycles. The van der Waals surface area contributed by atoms with Crippen LogP contribution in [0.4, 0.5) is 5.69 Å². The van der Waals surface area contributed by atoms with Gasteiger partial charge in [0.25, 0.3) is 5.91 Å². The van der Waals surface area contributed by atoms with E-state index in [4.69, 9.17) is 9.47 Å². The summed E-state index contributed by atoms with van der Waals surface area (Å²) in [5, 5.41) is 0. The maximum atomic E-state index is 12.6. The average Bonchev–Trinajstić information content (AvgIpc) is 2.69. The molecule has 0 saturated heterocycles. The van der Waals surface area contributed by atoms with Crippen molar-refractivity contribution in [3.8, 4) is 17.4 Å². The molecule has 1 amide bonds. The molecule has 0 aliphatic carbocycles. The predicted octanol–water partition coefficient (Wildman–Crippen LogP) is 4.69. The Balaban J connectivity index is 1.59. The Bertz CT molecular complexity index is 850. The first-order valence-electron chi connectivity index (χ1n) is 8.82. The molecule has 0 atom stereocenters. The molecule has 27 heavy (non-hydrogen) atoms. The zero-order valence-corrected chi connectivity index (χ0v) is 15.4. The minimum Gasteiger partial charge on any atom is -0.484 e. The van der Waals surface area contributed by atoms with Gasteiger partial charge in [0, 0.05) is 24.0 Å². The predicted molar refractivity (Wildman–Crippen MR) is 105 cm³/mol. The van der Waals surface area contributed by atoms with Crippen LogP contribution < -0.4 is 14.4 Å². The summed E-state index contributed by atoms with van der Waals surface area (Å²) in [5.41, 5.74) is 0.861. The first-order chi connectivity index (χ1) is 13.1. The second-order valence-electron chi connectivity index (χ2n) is 6.22. The van der Waals surface area contributed by atoms with E-state index in [9.17, 15) is 4.79 Å². The molecule has 2 aromatic carbocycles. The van der Waals surface area contributed by atoms with Gasteiger partial charge < -0.3 is 14.4 Å². The molecule has 0 saturated carbocycles. The molecule has 0 aliphatic rings. The molecule has 0 bridgehead atoms. The van der Waals surface area contributed by atoms with Crippen molar-refractivity contribution < 1.29 is 14.3 Å². The molecule has 1 aromatic heterocycles. The van der Waals surface area contributed by atoms with E-state index in [1.165, 1.54) is 0 Å². The van der Waals surface area contributed by atoms with Gasteiger partial charge in [-0.2, -0.15) is 0 Å². The summed E-state index contributed by atoms with van der Waals surface area (Å²) in [7, 11) is 0. The van der Waals surface area contributed by atoms with Crippen molar-refractivity contribution in [1.29, 1.82) is 0 Å². The summed E-state index contributed by atoms with van der Waals surface area (Å²) in [6.45, 7) is 3.93. The standard InChI is InChI=1S/C22H22N2O3/c1-17(2)24(18-8-4-3-5-9-18)22(25)16-26-19-11-13-20(14-12-19)27-21-10-6-7-15-23-21/h3-15,17H,16H2,1-2H3. The van der Waals surface area contributed by atoms with Crippen LogP contribution in [-0.4, -0.2) is 23.5 Å². The fourth-order valence-corrected chi connectivity index (χ4v) is 2.67. The SMILES string of the molecule is CC(C)N(C(=O)COc1ccc(Oc2ccccn2)cc1)c1ccccc1. The second-order valence-corrected chi connectivity index (χ2v) is 6.22. The van der Waals surface area contributed by atoms with E-state index in [1.807, 2.05) is 56.3 Å². The Morgan fingerprint density at radius 2 is 1.59 bits per heavy atom. The van der Waals surface area contributed by atoms with Gasteiger partial charge in [-0.25, -0.2) is 4.98 Å². The van der Waals surface area contributed by atoms with E-state index in [0.717, 1.165) is 5.69 Å². The first-order valence-corrected chi connectivity index (χ1v) is 8.82. The highest BCUT2D eigenvalue weighted by molar-refractivity contribution is 5.94. The highest BCUT2D eigenvalue weighted by Crippen LogP contribution is 2.23. The number of hydrogen-bond donors (Lipinski definition) is 0. The van der Waals surface area contributed by atoms with Crippen molar-refractivity contribution in [2.24, 2.45) is 0 Å². The molecule has 5 nitrogen and oxygen atoms in total. The molecule has 3 aromatic rings. The normalized spacial score (nSPS) is 10.5. The van der Waals surface area contributed by atoms with E-state index in [1.54, 1.807) is 41.4 Å². The Morgan fingerprint density at radius 3 is 2.22 bits per heavy atom. The van der Waals surface area contributed by atoms with E-state index in [0.29, 0.717) is 17.4 Å². The molecule has 0 fully saturated rings. The number of rotatable bonds is 7. The Morgan fingerprint density at radius 1 is 0.926 bits per heavy atom. The number of para-hydroxylation sites is 1. The van der Waals surface area contributed by atoms with Gasteiger partial charge in [0.2, 0.25) is 5.88 Å². The molecular weight excluding hydrogens is 340 g/mol. The molecule has 0 unspecified atom stereocenters. The Kier molecular flexibility index (Phi) is 6.05. The van der Waals surface area contributed by atoms with E-state index in [-0.39, 0.29) is 18.6 Å². The summed E-state index contributed by atoms with van der Waals surface area (Å²) in [6, 6.07) is 22.2. The number of amides is 1. The summed E-state index contributed by atoms with van der Waals surface area (Å²) in [5.74, 6) is 1.69. The van der Waals surface area contributed by atoms with Crippen molar-refractivity contribution in [2.75, 3.05) is 11.5 Å². The van der Waals surface area contributed by atoms with Gasteiger partial charge in [-0.15, -0.1) is 0 Å². The van der Waals surface area contributed by atoms with E-state index in [2.05, 4.69) is 4.98 Å². The van der Waals surface area contributed by atoms with Crippen LogP contribution in [0.25, 0.3) is 0 Å². The van der Waals surface area contributed by atoms with Gasteiger partial charge >= 0.3 is 0 Å². The zero-order chi connectivity index (χ0) is 19.1. The Hall–Kier alpha value is -3.34. The number of benzene rings is 2. The molecule has 0 spiro atoms. The van der Waals surface area contributed by atoms with Crippen molar-refractivity contribution in [1.82, 2.24) is 4.98 Å². The highest BCUT2D eigenvalue weighted by atomic mass is 16.5. The number of carbonyl (C=O) groups excluding carboxylic acids is 1. The number of hydrogen-bond acceptors (Lipinski definition) is 4. The lowest BCUT2D eigenvalue weighted by molar-refractivity contribution is -0.120. The second kappa shape index (κ2) is 8.85.